The largest absolute Gasteiger partial charge is 0.428 e. The number of piperidine rings is 1. The average molecular weight is 263 g/mol. The average Bonchev–Trinajstić information content (AvgIpc) is 2.80. The van der Waals surface area contributed by atoms with Gasteiger partial charge in [0, 0.05) is 26.6 Å². The number of nitrogens with zero attached hydrogens (tertiary/aromatic N) is 3. The molecule has 0 bridgehead atoms. The number of likely N-dealkylation sites (tertiary alicyclic amines) is 1. The van der Waals surface area contributed by atoms with E-state index in [1.54, 1.807) is 0 Å². The Labute approximate surface area is 115 Å². The number of aromatic nitrogens is 1. The number of rotatable bonds is 3. The highest BCUT2D eigenvalue weighted by atomic mass is 16.4. The maximum atomic E-state index is 5.93. The molecular weight excluding hydrogens is 238 g/mol. The van der Waals surface area contributed by atoms with E-state index in [2.05, 4.69) is 16.8 Å². The van der Waals surface area contributed by atoms with Crippen LogP contribution in [-0.4, -0.2) is 43.1 Å². The van der Waals surface area contributed by atoms with Crippen LogP contribution >= 0.6 is 0 Å². The summed E-state index contributed by atoms with van der Waals surface area (Å²) in [5.74, 6) is 1.92. The van der Waals surface area contributed by atoms with Gasteiger partial charge >= 0.3 is 0 Å². The highest BCUT2D eigenvalue weighted by Gasteiger charge is 2.37. The lowest BCUT2D eigenvalue weighted by Gasteiger charge is -2.43. The molecule has 1 saturated heterocycles. The first-order chi connectivity index (χ1) is 9.19. The fourth-order valence-electron chi connectivity index (χ4n) is 3.63. The maximum Gasteiger partial charge on any atom is 0.297 e. The van der Waals surface area contributed by atoms with Gasteiger partial charge in [-0.2, -0.15) is 4.98 Å². The molecule has 0 saturated carbocycles. The highest BCUT2D eigenvalue weighted by molar-refractivity contribution is 5.30. The lowest BCUT2D eigenvalue weighted by molar-refractivity contribution is 0.0799. The minimum absolute atomic E-state index is 0.684. The van der Waals surface area contributed by atoms with Gasteiger partial charge in [-0.3, -0.25) is 4.90 Å². The van der Waals surface area contributed by atoms with Gasteiger partial charge in [-0.25, -0.2) is 0 Å². The summed E-state index contributed by atoms with van der Waals surface area (Å²) in [6, 6.07) is 1.45. The van der Waals surface area contributed by atoms with Crippen molar-refractivity contribution >= 4 is 6.01 Å². The van der Waals surface area contributed by atoms with Gasteiger partial charge in [-0.1, -0.05) is 6.92 Å². The zero-order valence-electron chi connectivity index (χ0n) is 12.4. The van der Waals surface area contributed by atoms with Crippen LogP contribution < -0.4 is 4.90 Å². The molecule has 2 heterocycles. The van der Waals surface area contributed by atoms with Crippen LogP contribution in [0.15, 0.2) is 4.42 Å². The van der Waals surface area contributed by atoms with Crippen LogP contribution in [0.25, 0.3) is 0 Å². The van der Waals surface area contributed by atoms with E-state index in [1.807, 2.05) is 19.0 Å². The highest BCUT2D eigenvalue weighted by Crippen LogP contribution is 2.36. The van der Waals surface area contributed by atoms with Crippen molar-refractivity contribution in [1.82, 2.24) is 9.88 Å². The predicted octanol–water partition coefficient (Wildman–Crippen LogP) is 2.33. The molecular formula is C15H25N3O. The van der Waals surface area contributed by atoms with E-state index in [9.17, 15) is 0 Å². The number of hydrogen-bond acceptors (Lipinski definition) is 4. The molecule has 0 N–H and O–H groups in total. The Morgan fingerprint density at radius 2 is 2.21 bits per heavy atom. The molecule has 2 aliphatic rings. The molecule has 0 amide bonds. The third kappa shape index (κ3) is 2.38. The van der Waals surface area contributed by atoms with E-state index in [0.29, 0.717) is 6.04 Å². The van der Waals surface area contributed by atoms with E-state index in [-0.39, 0.29) is 0 Å². The molecule has 1 fully saturated rings. The molecule has 3 rings (SSSR count). The molecule has 1 aromatic heterocycles. The minimum atomic E-state index is 0.684. The zero-order chi connectivity index (χ0) is 13.4. The van der Waals surface area contributed by atoms with Crippen LogP contribution in [-0.2, 0) is 12.8 Å². The molecule has 19 heavy (non-hydrogen) atoms. The third-order valence-electron chi connectivity index (χ3n) is 4.54. The fourth-order valence-corrected chi connectivity index (χ4v) is 3.63. The second-order valence-corrected chi connectivity index (χ2v) is 6.17. The van der Waals surface area contributed by atoms with Crippen LogP contribution in [0, 0.1) is 5.92 Å². The van der Waals surface area contributed by atoms with Gasteiger partial charge in [-0.15, -0.1) is 0 Å². The number of hydrogen-bond donors (Lipinski definition) is 0. The van der Waals surface area contributed by atoms with Crippen molar-refractivity contribution in [3.05, 3.63) is 11.5 Å². The van der Waals surface area contributed by atoms with Crippen LogP contribution in [0.1, 0.15) is 37.6 Å². The summed E-state index contributed by atoms with van der Waals surface area (Å²) in [7, 11) is 3.99. The van der Waals surface area contributed by atoms with E-state index < -0.39 is 0 Å². The van der Waals surface area contributed by atoms with Crippen molar-refractivity contribution in [1.29, 1.82) is 0 Å². The van der Waals surface area contributed by atoms with Crippen LogP contribution in [0.5, 0.6) is 0 Å². The van der Waals surface area contributed by atoms with Gasteiger partial charge in [-0.05, 0) is 44.7 Å². The molecule has 0 unspecified atom stereocenters. The van der Waals surface area contributed by atoms with Crippen LogP contribution in [0.3, 0.4) is 0 Å². The second kappa shape index (κ2) is 5.16. The summed E-state index contributed by atoms with van der Waals surface area (Å²) < 4.78 is 5.93. The van der Waals surface area contributed by atoms with Gasteiger partial charge in [0.25, 0.3) is 6.01 Å². The Morgan fingerprint density at radius 3 is 2.95 bits per heavy atom. The molecule has 0 aromatic carbocycles. The maximum absolute atomic E-state index is 5.93. The quantitative estimate of drug-likeness (QED) is 0.838. The summed E-state index contributed by atoms with van der Waals surface area (Å²) >= 11 is 0. The molecule has 106 valence electrons. The Balaban J connectivity index is 1.82. The number of oxazole rings is 1. The van der Waals surface area contributed by atoms with Gasteiger partial charge in [0.15, 0.2) is 0 Å². The third-order valence-corrected chi connectivity index (χ3v) is 4.54. The summed E-state index contributed by atoms with van der Waals surface area (Å²) in [5, 5.41) is 0. The predicted molar refractivity (Wildman–Crippen MR) is 76.6 cm³/mol. The van der Waals surface area contributed by atoms with Gasteiger partial charge in [0.1, 0.15) is 5.76 Å². The first-order valence-corrected chi connectivity index (χ1v) is 7.59. The molecule has 2 atom stereocenters. The molecule has 1 aliphatic carbocycles. The molecule has 0 radical (unpaired) electrons. The fraction of sp³-hybridized carbons (Fsp3) is 0.800. The molecule has 0 spiro atoms. The van der Waals surface area contributed by atoms with E-state index in [4.69, 9.17) is 4.42 Å². The first-order valence-electron chi connectivity index (χ1n) is 7.59. The smallest absolute Gasteiger partial charge is 0.297 e. The topological polar surface area (TPSA) is 32.5 Å². The Bertz CT molecular complexity index is 439. The molecule has 1 aromatic rings. The minimum Gasteiger partial charge on any atom is -0.428 e. The summed E-state index contributed by atoms with van der Waals surface area (Å²) in [5.41, 5.74) is 1.21. The zero-order valence-corrected chi connectivity index (χ0v) is 12.4. The van der Waals surface area contributed by atoms with Gasteiger partial charge in [0.05, 0.1) is 5.69 Å². The van der Waals surface area contributed by atoms with Crippen molar-refractivity contribution in [2.45, 2.75) is 45.1 Å². The van der Waals surface area contributed by atoms with Gasteiger partial charge in [0.2, 0.25) is 0 Å². The van der Waals surface area contributed by atoms with Crippen LogP contribution in [0.4, 0.5) is 6.01 Å². The van der Waals surface area contributed by atoms with Gasteiger partial charge < -0.3 is 9.32 Å². The van der Waals surface area contributed by atoms with Crippen molar-refractivity contribution < 1.29 is 4.42 Å². The van der Waals surface area contributed by atoms with Crippen molar-refractivity contribution in [3.8, 4) is 0 Å². The Hall–Kier alpha value is -1.03. The Morgan fingerprint density at radius 1 is 1.37 bits per heavy atom. The normalized spacial score (nSPS) is 26.9. The summed E-state index contributed by atoms with van der Waals surface area (Å²) in [6.07, 6.45) is 6.11. The number of fused-ring (bicyclic) bond motifs is 2. The standard InChI is InChI=1S/C15H25N3O/c1-4-7-18-8-5-6-11-9-12-14(10-13(11)18)19-15(16-12)17(2)3/h11,13H,4-10H2,1-3H3/t11-,13-/m0/s1. The number of anilines is 1. The molecule has 4 nitrogen and oxygen atoms in total. The van der Waals surface area contributed by atoms with Crippen molar-refractivity contribution in [2.75, 3.05) is 32.1 Å². The summed E-state index contributed by atoms with van der Waals surface area (Å²) in [4.78, 5) is 9.29. The molecule has 1 aliphatic heterocycles. The SMILES string of the molecule is CCCN1CCC[C@H]2Cc3nc(N(C)C)oc3C[C@@H]21. The summed E-state index contributed by atoms with van der Waals surface area (Å²) in [6.45, 7) is 4.76. The van der Waals surface area contributed by atoms with E-state index in [1.165, 1.54) is 38.0 Å². The molecule has 4 heteroatoms. The van der Waals surface area contributed by atoms with E-state index >= 15 is 0 Å². The second-order valence-electron chi connectivity index (χ2n) is 6.17. The van der Waals surface area contributed by atoms with E-state index in [0.717, 1.165) is 30.5 Å². The lowest BCUT2D eigenvalue weighted by atomic mass is 9.79. The lowest BCUT2D eigenvalue weighted by Crippen LogP contribution is -2.49. The van der Waals surface area contributed by atoms with Crippen molar-refractivity contribution in [2.24, 2.45) is 5.92 Å². The van der Waals surface area contributed by atoms with Crippen molar-refractivity contribution in [3.63, 3.8) is 0 Å². The monoisotopic (exact) mass is 263 g/mol. The first kappa shape index (κ1) is 13.0. The van der Waals surface area contributed by atoms with Crippen LogP contribution in [0.2, 0.25) is 0 Å². The Kier molecular flexibility index (Phi) is 3.52.